The molecule has 0 radical (unpaired) electrons. The summed E-state index contributed by atoms with van der Waals surface area (Å²) in [6.45, 7) is 11.5. The molecule has 0 bridgehead atoms. The summed E-state index contributed by atoms with van der Waals surface area (Å²) in [4.78, 5) is 0. The van der Waals surface area contributed by atoms with Crippen molar-refractivity contribution in [2.24, 2.45) is 5.92 Å². The molecule has 0 amide bonds. The monoisotopic (exact) mass is 257 g/mol. The maximum atomic E-state index is 6.38. The molecule has 0 fully saturated rings. The fraction of sp³-hybridized carbons (Fsp3) is 0.769. The Morgan fingerprint density at radius 1 is 1.35 bits per heavy atom. The number of hydrogen-bond donors (Lipinski definition) is 1. The van der Waals surface area contributed by atoms with Crippen molar-refractivity contribution < 1.29 is 0 Å². The fourth-order valence-corrected chi connectivity index (χ4v) is 2.35. The normalized spacial score (nSPS) is 13.0. The Morgan fingerprint density at radius 2 is 2.06 bits per heavy atom. The maximum absolute atomic E-state index is 6.38. The zero-order chi connectivity index (χ0) is 12.8. The molecule has 0 aliphatic heterocycles. The maximum Gasteiger partial charge on any atom is 0.0849 e. The molecule has 1 unspecified atom stereocenters. The van der Waals surface area contributed by atoms with Crippen molar-refractivity contribution in [1.82, 2.24) is 15.1 Å². The largest absolute Gasteiger partial charge is 0.317 e. The Hall–Kier alpha value is -0.540. The molecule has 0 aliphatic carbocycles. The summed E-state index contributed by atoms with van der Waals surface area (Å²) in [5.74, 6) is 0.583. The molecule has 1 rings (SSSR count). The van der Waals surface area contributed by atoms with E-state index in [0.717, 1.165) is 43.2 Å². The third-order valence-corrected chi connectivity index (χ3v) is 3.42. The van der Waals surface area contributed by atoms with Gasteiger partial charge in [-0.2, -0.15) is 5.10 Å². The van der Waals surface area contributed by atoms with Crippen LogP contribution in [-0.2, 0) is 19.4 Å². The molecule has 0 spiro atoms. The van der Waals surface area contributed by atoms with Crippen LogP contribution in [0, 0.1) is 5.92 Å². The minimum Gasteiger partial charge on any atom is -0.317 e. The summed E-state index contributed by atoms with van der Waals surface area (Å²) in [5, 5.41) is 8.79. The van der Waals surface area contributed by atoms with Gasteiger partial charge >= 0.3 is 0 Å². The van der Waals surface area contributed by atoms with Gasteiger partial charge in [-0.05, 0) is 38.8 Å². The number of nitrogens with zero attached hydrogens (tertiary/aromatic N) is 2. The van der Waals surface area contributed by atoms with E-state index >= 15 is 0 Å². The molecule has 1 heterocycles. The van der Waals surface area contributed by atoms with Gasteiger partial charge in [0.25, 0.3) is 0 Å². The van der Waals surface area contributed by atoms with E-state index < -0.39 is 0 Å². The summed E-state index contributed by atoms with van der Waals surface area (Å²) in [7, 11) is 0. The van der Waals surface area contributed by atoms with Gasteiger partial charge in [0.2, 0.25) is 0 Å². The van der Waals surface area contributed by atoms with Crippen molar-refractivity contribution in [2.75, 3.05) is 13.1 Å². The molecule has 98 valence electrons. The van der Waals surface area contributed by atoms with Crippen LogP contribution in [0.5, 0.6) is 0 Å². The lowest BCUT2D eigenvalue weighted by atomic mass is 10.1. The standard InChI is InChI=1S/C13H24ClN3/c1-5-11-13(14)12(17(7-3)16-11)8-10(4)9-15-6-2/h10,15H,5-9H2,1-4H3. The van der Waals surface area contributed by atoms with Crippen LogP contribution in [0.1, 0.15) is 39.1 Å². The molecule has 0 aliphatic rings. The number of nitrogens with one attached hydrogen (secondary N) is 1. The highest BCUT2D eigenvalue weighted by Gasteiger charge is 2.16. The number of rotatable bonds is 7. The van der Waals surface area contributed by atoms with E-state index in [1.807, 2.05) is 4.68 Å². The van der Waals surface area contributed by atoms with Crippen LogP contribution in [0.2, 0.25) is 5.02 Å². The quantitative estimate of drug-likeness (QED) is 0.814. The zero-order valence-electron chi connectivity index (χ0n) is 11.4. The summed E-state index contributed by atoms with van der Waals surface area (Å²) in [6, 6.07) is 0. The zero-order valence-corrected chi connectivity index (χ0v) is 12.1. The summed E-state index contributed by atoms with van der Waals surface area (Å²) >= 11 is 6.38. The molecule has 3 nitrogen and oxygen atoms in total. The van der Waals surface area contributed by atoms with E-state index in [4.69, 9.17) is 11.6 Å². The molecule has 1 aromatic rings. The fourth-order valence-electron chi connectivity index (χ4n) is 2.01. The van der Waals surface area contributed by atoms with Gasteiger partial charge in [0.15, 0.2) is 0 Å². The first kappa shape index (κ1) is 14.5. The first-order chi connectivity index (χ1) is 8.13. The Labute approximate surface area is 110 Å². The first-order valence-electron chi connectivity index (χ1n) is 6.58. The van der Waals surface area contributed by atoms with Crippen LogP contribution >= 0.6 is 11.6 Å². The predicted octanol–water partition coefficient (Wildman–Crippen LogP) is 2.91. The van der Waals surface area contributed by atoms with E-state index in [2.05, 4.69) is 38.1 Å². The second-order valence-corrected chi connectivity index (χ2v) is 4.87. The SMILES string of the molecule is CCNCC(C)Cc1c(Cl)c(CC)nn1CC. The van der Waals surface area contributed by atoms with E-state index in [9.17, 15) is 0 Å². The van der Waals surface area contributed by atoms with Crippen molar-refractivity contribution in [3.05, 3.63) is 16.4 Å². The second kappa shape index (κ2) is 7.02. The molecule has 0 aromatic carbocycles. The highest BCUT2D eigenvalue weighted by molar-refractivity contribution is 6.31. The lowest BCUT2D eigenvalue weighted by Gasteiger charge is -2.13. The lowest BCUT2D eigenvalue weighted by Crippen LogP contribution is -2.22. The van der Waals surface area contributed by atoms with Gasteiger partial charge in [0.05, 0.1) is 16.4 Å². The van der Waals surface area contributed by atoms with Crippen LogP contribution in [0.3, 0.4) is 0 Å². The van der Waals surface area contributed by atoms with Gasteiger partial charge in [-0.1, -0.05) is 32.4 Å². The van der Waals surface area contributed by atoms with Crippen molar-refractivity contribution in [1.29, 1.82) is 0 Å². The highest BCUT2D eigenvalue weighted by Crippen LogP contribution is 2.24. The van der Waals surface area contributed by atoms with Crippen LogP contribution in [-0.4, -0.2) is 22.9 Å². The van der Waals surface area contributed by atoms with E-state index in [-0.39, 0.29) is 0 Å². The topological polar surface area (TPSA) is 29.9 Å². The number of halogens is 1. The van der Waals surface area contributed by atoms with Gasteiger partial charge in [-0.25, -0.2) is 0 Å². The molecular weight excluding hydrogens is 234 g/mol. The van der Waals surface area contributed by atoms with E-state index in [1.54, 1.807) is 0 Å². The van der Waals surface area contributed by atoms with Gasteiger partial charge in [-0.3, -0.25) is 4.68 Å². The Kier molecular flexibility index (Phi) is 6.00. The van der Waals surface area contributed by atoms with Crippen LogP contribution in [0.15, 0.2) is 0 Å². The van der Waals surface area contributed by atoms with E-state index in [0.29, 0.717) is 5.92 Å². The van der Waals surface area contributed by atoms with Crippen LogP contribution in [0.25, 0.3) is 0 Å². The Balaban J connectivity index is 2.78. The minimum absolute atomic E-state index is 0.583. The van der Waals surface area contributed by atoms with Crippen LogP contribution < -0.4 is 5.32 Å². The summed E-state index contributed by atoms with van der Waals surface area (Å²) < 4.78 is 2.05. The van der Waals surface area contributed by atoms with Crippen molar-refractivity contribution in [3.63, 3.8) is 0 Å². The highest BCUT2D eigenvalue weighted by atomic mass is 35.5. The number of hydrogen-bond acceptors (Lipinski definition) is 2. The predicted molar refractivity (Wildman–Crippen MR) is 73.7 cm³/mol. The van der Waals surface area contributed by atoms with Gasteiger partial charge in [0.1, 0.15) is 0 Å². The molecule has 17 heavy (non-hydrogen) atoms. The van der Waals surface area contributed by atoms with Crippen molar-refractivity contribution in [3.8, 4) is 0 Å². The molecule has 1 atom stereocenters. The number of aryl methyl sites for hydroxylation is 2. The first-order valence-corrected chi connectivity index (χ1v) is 6.96. The third kappa shape index (κ3) is 3.71. The Morgan fingerprint density at radius 3 is 2.59 bits per heavy atom. The second-order valence-electron chi connectivity index (χ2n) is 4.49. The van der Waals surface area contributed by atoms with Gasteiger partial charge in [0, 0.05) is 6.54 Å². The van der Waals surface area contributed by atoms with Gasteiger partial charge < -0.3 is 5.32 Å². The Bertz CT molecular complexity index is 347. The number of aromatic nitrogens is 2. The molecule has 0 saturated heterocycles. The molecule has 1 N–H and O–H groups in total. The van der Waals surface area contributed by atoms with Crippen LogP contribution in [0.4, 0.5) is 0 Å². The summed E-state index contributed by atoms with van der Waals surface area (Å²) in [5.41, 5.74) is 2.22. The smallest absolute Gasteiger partial charge is 0.0849 e. The van der Waals surface area contributed by atoms with Gasteiger partial charge in [-0.15, -0.1) is 0 Å². The third-order valence-electron chi connectivity index (χ3n) is 2.98. The summed E-state index contributed by atoms with van der Waals surface area (Å²) in [6.07, 6.45) is 1.90. The van der Waals surface area contributed by atoms with Crippen molar-refractivity contribution in [2.45, 2.75) is 47.1 Å². The molecule has 0 saturated carbocycles. The molecular formula is C13H24ClN3. The lowest BCUT2D eigenvalue weighted by molar-refractivity contribution is 0.494. The molecule has 1 aromatic heterocycles. The average molecular weight is 258 g/mol. The van der Waals surface area contributed by atoms with E-state index in [1.165, 1.54) is 5.69 Å². The minimum atomic E-state index is 0.583. The average Bonchev–Trinajstić information content (AvgIpc) is 2.63. The van der Waals surface area contributed by atoms with Crippen molar-refractivity contribution >= 4 is 11.6 Å². The molecule has 4 heteroatoms.